The molecule has 0 spiro atoms. The zero-order valence-electron chi connectivity index (χ0n) is 11.3. The Balaban J connectivity index is 2.26. The number of rotatable bonds is 5. The van der Waals surface area contributed by atoms with Crippen molar-refractivity contribution < 1.29 is 19.6 Å². The van der Waals surface area contributed by atoms with E-state index < -0.39 is 10.9 Å². The minimum absolute atomic E-state index is 0.108. The van der Waals surface area contributed by atoms with E-state index in [-0.39, 0.29) is 23.6 Å². The van der Waals surface area contributed by atoms with Crippen molar-refractivity contribution in [1.82, 2.24) is 0 Å². The Morgan fingerprint density at radius 2 is 2.00 bits per heavy atom. The maximum atomic E-state index is 11.2. The van der Waals surface area contributed by atoms with Gasteiger partial charge in [-0.05, 0) is 24.1 Å². The second-order valence-corrected chi connectivity index (χ2v) is 4.46. The summed E-state index contributed by atoms with van der Waals surface area (Å²) >= 11 is 0. The summed E-state index contributed by atoms with van der Waals surface area (Å²) in [4.78, 5) is 21.2. The number of aromatic carboxylic acids is 1. The molecule has 1 N–H and O–H groups in total. The Morgan fingerprint density at radius 1 is 1.29 bits per heavy atom. The molecule has 6 heteroatoms. The van der Waals surface area contributed by atoms with Crippen LogP contribution in [0.3, 0.4) is 0 Å². The molecule has 0 heterocycles. The van der Waals surface area contributed by atoms with Gasteiger partial charge >= 0.3 is 5.97 Å². The summed E-state index contributed by atoms with van der Waals surface area (Å²) in [5.74, 6) is -1.16. The van der Waals surface area contributed by atoms with Crippen molar-refractivity contribution in [2.24, 2.45) is 0 Å². The van der Waals surface area contributed by atoms with Gasteiger partial charge in [0, 0.05) is 12.1 Å². The number of hydrogen-bond donors (Lipinski definition) is 1. The highest BCUT2D eigenvalue weighted by Crippen LogP contribution is 2.25. The quantitative estimate of drug-likeness (QED) is 0.673. The van der Waals surface area contributed by atoms with E-state index in [1.54, 1.807) is 0 Å². The summed E-state index contributed by atoms with van der Waals surface area (Å²) in [5.41, 5.74) is 1.44. The Hall–Kier alpha value is -2.89. The Bertz CT molecular complexity index is 696. The van der Waals surface area contributed by atoms with Crippen LogP contribution in [0.5, 0.6) is 5.75 Å². The van der Waals surface area contributed by atoms with Crippen LogP contribution in [0.15, 0.2) is 42.5 Å². The van der Waals surface area contributed by atoms with Crippen molar-refractivity contribution in [1.29, 1.82) is 0 Å². The lowest BCUT2D eigenvalue weighted by Crippen LogP contribution is -2.05. The smallest absolute Gasteiger partial charge is 0.339 e. The molecule has 0 unspecified atom stereocenters. The number of carbonyl (C=O) groups is 1. The van der Waals surface area contributed by atoms with Gasteiger partial charge < -0.3 is 9.84 Å². The molecule has 108 valence electrons. The number of aryl methyl sites for hydroxylation is 1. The van der Waals surface area contributed by atoms with Gasteiger partial charge in [0.1, 0.15) is 17.9 Å². The first-order valence-electron chi connectivity index (χ1n) is 6.18. The molecule has 0 fully saturated rings. The first kappa shape index (κ1) is 14.5. The minimum atomic E-state index is -1.27. The average Bonchev–Trinajstić information content (AvgIpc) is 2.46. The summed E-state index contributed by atoms with van der Waals surface area (Å²) < 4.78 is 5.50. The van der Waals surface area contributed by atoms with Crippen LogP contribution in [-0.4, -0.2) is 16.0 Å². The SMILES string of the molecule is Cc1ccccc1COc1ccc([N+](=O)[O-])cc1C(=O)O. The first-order valence-corrected chi connectivity index (χ1v) is 6.18. The summed E-state index contributed by atoms with van der Waals surface area (Å²) in [6.07, 6.45) is 0. The molecule has 6 nitrogen and oxygen atoms in total. The minimum Gasteiger partial charge on any atom is -0.488 e. The van der Waals surface area contributed by atoms with Crippen LogP contribution < -0.4 is 4.74 Å². The van der Waals surface area contributed by atoms with Gasteiger partial charge in [-0.1, -0.05) is 24.3 Å². The molecule has 0 amide bonds. The highest BCUT2D eigenvalue weighted by atomic mass is 16.6. The average molecular weight is 287 g/mol. The first-order chi connectivity index (χ1) is 9.99. The summed E-state index contributed by atoms with van der Waals surface area (Å²) in [5, 5.41) is 19.8. The summed E-state index contributed by atoms with van der Waals surface area (Å²) in [7, 11) is 0. The third kappa shape index (κ3) is 3.36. The summed E-state index contributed by atoms with van der Waals surface area (Å²) in [6, 6.07) is 11.1. The number of nitro groups is 1. The van der Waals surface area contributed by atoms with Crippen LogP contribution in [0, 0.1) is 17.0 Å². The molecule has 0 aliphatic carbocycles. The molecule has 0 saturated carbocycles. The molecule has 0 saturated heterocycles. The van der Waals surface area contributed by atoms with Crippen molar-refractivity contribution in [3.63, 3.8) is 0 Å². The van der Waals surface area contributed by atoms with Gasteiger partial charge in [0.05, 0.1) is 4.92 Å². The van der Waals surface area contributed by atoms with E-state index in [2.05, 4.69) is 0 Å². The molecule has 2 rings (SSSR count). The van der Waals surface area contributed by atoms with E-state index in [9.17, 15) is 14.9 Å². The molecule has 2 aromatic carbocycles. The predicted molar refractivity (Wildman–Crippen MR) is 75.6 cm³/mol. The fraction of sp³-hybridized carbons (Fsp3) is 0.133. The number of benzene rings is 2. The number of non-ortho nitro benzene ring substituents is 1. The van der Waals surface area contributed by atoms with Crippen molar-refractivity contribution >= 4 is 11.7 Å². The topological polar surface area (TPSA) is 89.7 Å². The molecule has 0 bridgehead atoms. The summed E-state index contributed by atoms with van der Waals surface area (Å²) in [6.45, 7) is 2.12. The molecule has 0 atom stereocenters. The maximum Gasteiger partial charge on any atom is 0.339 e. The van der Waals surface area contributed by atoms with Gasteiger partial charge in [0.25, 0.3) is 5.69 Å². The number of nitro benzene ring substituents is 1. The van der Waals surface area contributed by atoms with Crippen molar-refractivity contribution in [2.45, 2.75) is 13.5 Å². The van der Waals surface area contributed by atoms with Gasteiger partial charge in [-0.3, -0.25) is 10.1 Å². The molecule has 0 radical (unpaired) electrons. The van der Waals surface area contributed by atoms with Gasteiger partial charge in [-0.25, -0.2) is 4.79 Å². The Kier molecular flexibility index (Phi) is 4.18. The monoisotopic (exact) mass is 287 g/mol. The van der Waals surface area contributed by atoms with Crippen LogP contribution in [0.2, 0.25) is 0 Å². The Morgan fingerprint density at radius 3 is 2.62 bits per heavy atom. The van der Waals surface area contributed by atoms with Crippen molar-refractivity contribution in [2.75, 3.05) is 0 Å². The maximum absolute atomic E-state index is 11.2. The third-order valence-corrected chi connectivity index (χ3v) is 3.05. The highest BCUT2D eigenvalue weighted by molar-refractivity contribution is 5.91. The third-order valence-electron chi connectivity index (χ3n) is 3.05. The van der Waals surface area contributed by atoms with Crippen molar-refractivity contribution in [3.8, 4) is 5.75 Å². The van der Waals surface area contributed by atoms with Gasteiger partial charge in [-0.2, -0.15) is 0 Å². The molecular formula is C15H13NO5. The van der Waals surface area contributed by atoms with E-state index in [1.807, 2.05) is 31.2 Å². The number of nitrogens with zero attached hydrogens (tertiary/aromatic N) is 1. The van der Waals surface area contributed by atoms with Crippen LogP contribution >= 0.6 is 0 Å². The van der Waals surface area contributed by atoms with E-state index in [0.717, 1.165) is 17.2 Å². The zero-order valence-corrected chi connectivity index (χ0v) is 11.3. The molecule has 2 aromatic rings. The van der Waals surface area contributed by atoms with Crippen LogP contribution in [0.1, 0.15) is 21.5 Å². The Labute approximate surface area is 120 Å². The molecule has 21 heavy (non-hydrogen) atoms. The van der Waals surface area contributed by atoms with Gasteiger partial charge in [0.15, 0.2) is 0 Å². The van der Waals surface area contributed by atoms with E-state index >= 15 is 0 Å². The lowest BCUT2D eigenvalue weighted by atomic mass is 10.1. The largest absolute Gasteiger partial charge is 0.488 e. The van der Waals surface area contributed by atoms with Crippen molar-refractivity contribution in [3.05, 3.63) is 69.3 Å². The number of carboxylic acid groups (broad SMARTS) is 1. The highest BCUT2D eigenvalue weighted by Gasteiger charge is 2.17. The number of carboxylic acids is 1. The van der Waals surface area contributed by atoms with Crippen LogP contribution in [0.25, 0.3) is 0 Å². The molecule has 0 aromatic heterocycles. The van der Waals surface area contributed by atoms with Crippen LogP contribution in [0.4, 0.5) is 5.69 Å². The standard InChI is InChI=1S/C15H13NO5/c1-10-4-2-3-5-11(10)9-21-14-7-6-12(16(19)20)8-13(14)15(17)18/h2-8H,9H2,1H3,(H,17,18). The molecule has 0 aliphatic rings. The second kappa shape index (κ2) is 6.04. The fourth-order valence-electron chi connectivity index (χ4n) is 1.85. The van der Waals surface area contributed by atoms with Crippen LogP contribution in [-0.2, 0) is 6.61 Å². The van der Waals surface area contributed by atoms with E-state index in [1.165, 1.54) is 12.1 Å². The van der Waals surface area contributed by atoms with E-state index in [0.29, 0.717) is 0 Å². The fourth-order valence-corrected chi connectivity index (χ4v) is 1.85. The van der Waals surface area contributed by atoms with E-state index in [4.69, 9.17) is 9.84 Å². The number of hydrogen-bond acceptors (Lipinski definition) is 4. The zero-order chi connectivity index (χ0) is 15.4. The molecule has 0 aliphatic heterocycles. The number of ether oxygens (including phenoxy) is 1. The van der Waals surface area contributed by atoms with Gasteiger partial charge in [-0.15, -0.1) is 0 Å². The lowest BCUT2D eigenvalue weighted by molar-refractivity contribution is -0.384. The van der Waals surface area contributed by atoms with Gasteiger partial charge in [0.2, 0.25) is 0 Å². The molecular weight excluding hydrogens is 274 g/mol. The second-order valence-electron chi connectivity index (χ2n) is 4.46. The lowest BCUT2D eigenvalue weighted by Gasteiger charge is -2.10. The predicted octanol–water partition coefficient (Wildman–Crippen LogP) is 3.18. The normalized spacial score (nSPS) is 10.1.